The van der Waals surface area contributed by atoms with E-state index < -0.39 is 0 Å². The van der Waals surface area contributed by atoms with Gasteiger partial charge in [0.05, 0.1) is 12.3 Å². The van der Waals surface area contributed by atoms with Crippen LogP contribution in [0.2, 0.25) is 5.02 Å². The summed E-state index contributed by atoms with van der Waals surface area (Å²) >= 11 is 11.2. The predicted molar refractivity (Wildman–Crippen MR) is 92.3 cm³/mol. The molecule has 0 aromatic heterocycles. The highest BCUT2D eigenvalue weighted by atomic mass is 35.5. The van der Waals surface area contributed by atoms with Crippen LogP contribution in [-0.4, -0.2) is 23.1 Å². The van der Waals surface area contributed by atoms with E-state index in [0.29, 0.717) is 10.2 Å². The number of hydrogen-bond donors (Lipinski definition) is 1. The van der Waals surface area contributed by atoms with Gasteiger partial charge < -0.3 is 14.9 Å². The molecular weight excluding hydrogens is 308 g/mol. The zero-order chi connectivity index (χ0) is 16.0. The van der Waals surface area contributed by atoms with Gasteiger partial charge in [-0.25, -0.2) is 0 Å². The van der Waals surface area contributed by atoms with E-state index in [4.69, 9.17) is 33.4 Å². The van der Waals surface area contributed by atoms with Gasteiger partial charge in [0.1, 0.15) is 5.60 Å². The molecule has 0 saturated carbocycles. The lowest BCUT2D eigenvalue weighted by Gasteiger charge is -2.15. The van der Waals surface area contributed by atoms with Crippen LogP contribution in [0.4, 0.5) is 5.69 Å². The quantitative estimate of drug-likeness (QED) is 0.498. The molecule has 0 aliphatic rings. The lowest BCUT2D eigenvalue weighted by molar-refractivity contribution is 0.00199. The average molecular weight is 329 g/mol. The zero-order valence-electron chi connectivity index (χ0n) is 12.9. The summed E-state index contributed by atoms with van der Waals surface area (Å²) in [6, 6.07) is 5.41. The molecule has 0 spiro atoms. The molecule has 1 aromatic carbocycles. The highest BCUT2D eigenvalue weighted by molar-refractivity contribution is 7.80. The molecule has 0 radical (unpaired) electrons. The van der Waals surface area contributed by atoms with Gasteiger partial charge in [-0.05, 0) is 65.0 Å². The summed E-state index contributed by atoms with van der Waals surface area (Å²) in [6.07, 6.45) is 1.60. The molecule has 21 heavy (non-hydrogen) atoms. The summed E-state index contributed by atoms with van der Waals surface area (Å²) in [4.78, 5) is 5.30. The van der Waals surface area contributed by atoms with Crippen molar-refractivity contribution in [1.82, 2.24) is 0 Å². The SMILES string of the molecule is CC(C)OC(=S)Nc1ccc(Cl)c(/C=N/OC(C)(C)C)c1. The fourth-order valence-corrected chi connectivity index (χ4v) is 1.80. The Morgan fingerprint density at radius 2 is 2.05 bits per heavy atom. The van der Waals surface area contributed by atoms with E-state index in [1.54, 1.807) is 12.3 Å². The van der Waals surface area contributed by atoms with Gasteiger partial charge in [0.2, 0.25) is 0 Å². The number of benzene rings is 1. The van der Waals surface area contributed by atoms with Crippen molar-refractivity contribution >= 4 is 40.9 Å². The number of anilines is 1. The summed E-state index contributed by atoms with van der Waals surface area (Å²) in [6.45, 7) is 9.60. The van der Waals surface area contributed by atoms with Gasteiger partial charge in [0.15, 0.2) is 0 Å². The first-order chi connectivity index (χ1) is 9.67. The van der Waals surface area contributed by atoms with Crippen LogP contribution in [0, 0.1) is 0 Å². The Morgan fingerprint density at radius 3 is 2.62 bits per heavy atom. The van der Waals surface area contributed by atoms with Crippen molar-refractivity contribution in [3.05, 3.63) is 28.8 Å². The summed E-state index contributed by atoms with van der Waals surface area (Å²) in [5.74, 6) is 0. The van der Waals surface area contributed by atoms with Crippen molar-refractivity contribution in [2.45, 2.75) is 46.3 Å². The summed E-state index contributed by atoms with van der Waals surface area (Å²) < 4.78 is 5.38. The van der Waals surface area contributed by atoms with E-state index in [1.807, 2.05) is 46.8 Å². The van der Waals surface area contributed by atoms with Crippen LogP contribution in [0.1, 0.15) is 40.2 Å². The second-order valence-electron chi connectivity index (χ2n) is 5.75. The molecule has 116 valence electrons. The van der Waals surface area contributed by atoms with Gasteiger partial charge >= 0.3 is 0 Å². The Bertz CT molecular complexity index is 525. The van der Waals surface area contributed by atoms with Crippen LogP contribution in [0.25, 0.3) is 0 Å². The number of halogens is 1. The third-order valence-corrected chi connectivity index (χ3v) is 2.65. The van der Waals surface area contributed by atoms with Crippen LogP contribution in [0.15, 0.2) is 23.4 Å². The van der Waals surface area contributed by atoms with Gasteiger partial charge in [0.25, 0.3) is 5.17 Å². The predicted octanol–water partition coefficient (Wildman–Crippen LogP) is 4.61. The van der Waals surface area contributed by atoms with Crippen LogP contribution in [0.5, 0.6) is 0 Å². The smallest absolute Gasteiger partial charge is 0.261 e. The number of thiocarbonyl (C=S) groups is 1. The van der Waals surface area contributed by atoms with E-state index >= 15 is 0 Å². The van der Waals surface area contributed by atoms with Gasteiger partial charge in [-0.15, -0.1) is 0 Å². The molecule has 0 amide bonds. The number of ether oxygens (including phenoxy) is 1. The molecule has 0 fully saturated rings. The number of rotatable bonds is 4. The number of hydrogen-bond acceptors (Lipinski definition) is 4. The molecule has 0 saturated heterocycles. The maximum Gasteiger partial charge on any atom is 0.261 e. The van der Waals surface area contributed by atoms with Crippen molar-refractivity contribution in [1.29, 1.82) is 0 Å². The second-order valence-corrected chi connectivity index (χ2v) is 6.53. The summed E-state index contributed by atoms with van der Waals surface area (Å²) in [5.41, 5.74) is 1.17. The molecule has 0 atom stereocenters. The summed E-state index contributed by atoms with van der Waals surface area (Å²) in [5, 5.41) is 7.84. The third-order valence-electron chi connectivity index (χ3n) is 2.10. The number of nitrogens with one attached hydrogen (secondary N) is 1. The maximum atomic E-state index is 6.13. The molecule has 0 bridgehead atoms. The van der Waals surface area contributed by atoms with Crippen molar-refractivity contribution < 1.29 is 9.57 Å². The Hall–Kier alpha value is -1.33. The number of nitrogens with zero attached hydrogens (tertiary/aromatic N) is 1. The Labute approximate surface area is 136 Å². The largest absolute Gasteiger partial charge is 0.468 e. The van der Waals surface area contributed by atoms with Crippen LogP contribution in [-0.2, 0) is 9.57 Å². The van der Waals surface area contributed by atoms with Gasteiger partial charge in [-0.3, -0.25) is 0 Å². The second kappa shape index (κ2) is 7.61. The maximum absolute atomic E-state index is 6.13. The minimum absolute atomic E-state index is 0.0264. The normalized spacial score (nSPS) is 11.8. The fraction of sp³-hybridized carbons (Fsp3) is 0.467. The van der Waals surface area contributed by atoms with Crippen molar-refractivity contribution in [3.8, 4) is 0 Å². The van der Waals surface area contributed by atoms with E-state index in [1.165, 1.54) is 0 Å². The lowest BCUT2D eigenvalue weighted by atomic mass is 10.2. The van der Waals surface area contributed by atoms with Crippen molar-refractivity contribution in [2.24, 2.45) is 5.16 Å². The number of oxime groups is 1. The van der Waals surface area contributed by atoms with Gasteiger partial charge in [-0.2, -0.15) is 0 Å². The molecule has 0 unspecified atom stereocenters. The van der Waals surface area contributed by atoms with Crippen LogP contribution >= 0.6 is 23.8 Å². The van der Waals surface area contributed by atoms with Crippen LogP contribution < -0.4 is 5.32 Å². The monoisotopic (exact) mass is 328 g/mol. The topological polar surface area (TPSA) is 42.8 Å². The standard InChI is InChI=1S/C15H21ClN2O2S/c1-10(2)19-14(21)18-12-6-7-13(16)11(8-12)9-17-20-15(3,4)5/h6-10H,1-5H3,(H,18,21)/b17-9+. The highest BCUT2D eigenvalue weighted by Crippen LogP contribution is 2.20. The highest BCUT2D eigenvalue weighted by Gasteiger charge is 2.10. The third kappa shape index (κ3) is 7.29. The fourth-order valence-electron chi connectivity index (χ4n) is 1.32. The molecular formula is C15H21ClN2O2S. The first-order valence-corrected chi connectivity index (χ1v) is 7.45. The minimum Gasteiger partial charge on any atom is -0.468 e. The molecule has 0 heterocycles. The van der Waals surface area contributed by atoms with E-state index in [2.05, 4.69) is 10.5 Å². The zero-order valence-corrected chi connectivity index (χ0v) is 14.5. The first-order valence-electron chi connectivity index (χ1n) is 6.66. The minimum atomic E-state index is -0.342. The van der Waals surface area contributed by atoms with E-state index in [9.17, 15) is 0 Å². The molecule has 6 heteroatoms. The van der Waals surface area contributed by atoms with Gasteiger partial charge in [-0.1, -0.05) is 16.8 Å². The Kier molecular flexibility index (Phi) is 6.42. The Balaban J connectivity index is 2.78. The Morgan fingerprint density at radius 1 is 1.38 bits per heavy atom. The lowest BCUT2D eigenvalue weighted by Crippen LogP contribution is -2.17. The molecule has 0 aliphatic carbocycles. The van der Waals surface area contributed by atoms with Crippen molar-refractivity contribution in [2.75, 3.05) is 5.32 Å². The van der Waals surface area contributed by atoms with Crippen molar-refractivity contribution in [3.63, 3.8) is 0 Å². The first kappa shape index (κ1) is 17.7. The van der Waals surface area contributed by atoms with Crippen LogP contribution in [0.3, 0.4) is 0 Å². The van der Waals surface area contributed by atoms with E-state index in [0.717, 1.165) is 11.3 Å². The van der Waals surface area contributed by atoms with E-state index in [-0.39, 0.29) is 11.7 Å². The molecule has 4 nitrogen and oxygen atoms in total. The molecule has 1 rings (SSSR count). The average Bonchev–Trinajstić information content (AvgIpc) is 2.30. The molecule has 1 N–H and O–H groups in total. The molecule has 1 aromatic rings. The summed E-state index contributed by atoms with van der Waals surface area (Å²) in [7, 11) is 0. The van der Waals surface area contributed by atoms with Gasteiger partial charge in [0, 0.05) is 16.3 Å². The molecule has 0 aliphatic heterocycles.